The Hall–Kier alpha value is -1.15. The van der Waals surface area contributed by atoms with Crippen LogP contribution in [0.1, 0.15) is 43.6 Å². The number of hydrogen-bond acceptors (Lipinski definition) is 2. The number of carbonyl (C=O) groups is 1. The van der Waals surface area contributed by atoms with E-state index < -0.39 is 0 Å². The summed E-state index contributed by atoms with van der Waals surface area (Å²) in [6.07, 6.45) is 1.05. The van der Waals surface area contributed by atoms with Crippen molar-refractivity contribution in [1.29, 1.82) is 0 Å². The van der Waals surface area contributed by atoms with Gasteiger partial charge in [-0.05, 0) is 19.4 Å². The van der Waals surface area contributed by atoms with Crippen LogP contribution in [0, 0.1) is 0 Å². The van der Waals surface area contributed by atoms with Crippen molar-refractivity contribution in [2.45, 2.75) is 40.4 Å². The minimum absolute atomic E-state index is 0.194. The molecule has 0 aliphatic heterocycles. The molecule has 0 unspecified atom stereocenters. The molecule has 0 aliphatic carbocycles. The summed E-state index contributed by atoms with van der Waals surface area (Å²) < 4.78 is 5.41. The molecular formula is C13H20O2. The van der Waals surface area contributed by atoms with Gasteiger partial charge in [-0.1, -0.05) is 38.1 Å². The van der Waals surface area contributed by atoms with Crippen LogP contribution in [0.25, 0.3) is 0 Å². The lowest BCUT2D eigenvalue weighted by molar-refractivity contribution is 0.0651. The summed E-state index contributed by atoms with van der Waals surface area (Å²) in [6, 6.07) is 7.47. The number of hydrogen-bond donors (Lipinski definition) is 0. The van der Waals surface area contributed by atoms with E-state index in [9.17, 15) is 4.79 Å². The van der Waals surface area contributed by atoms with Gasteiger partial charge in [-0.3, -0.25) is 4.79 Å². The largest absolute Gasteiger partial charge is 0.374 e. The van der Waals surface area contributed by atoms with Crippen LogP contribution >= 0.6 is 0 Å². The highest BCUT2D eigenvalue weighted by Crippen LogP contribution is 2.08. The molecule has 84 valence electrons. The Morgan fingerprint density at radius 1 is 1.27 bits per heavy atom. The number of benzene rings is 1. The van der Waals surface area contributed by atoms with E-state index in [1.54, 1.807) is 6.07 Å². The predicted molar refractivity (Wildman–Crippen MR) is 63.1 cm³/mol. The maximum absolute atomic E-state index is 10.6. The van der Waals surface area contributed by atoms with Gasteiger partial charge in [0.25, 0.3) is 0 Å². The lowest BCUT2D eigenvalue weighted by Gasteiger charge is -2.08. The van der Waals surface area contributed by atoms with E-state index in [1.807, 2.05) is 45.9 Å². The van der Waals surface area contributed by atoms with Gasteiger partial charge in [-0.15, -0.1) is 0 Å². The topological polar surface area (TPSA) is 26.3 Å². The molecule has 0 N–H and O–H groups in total. The molecule has 0 aromatic heterocycles. The van der Waals surface area contributed by atoms with Crippen LogP contribution in [0.3, 0.4) is 0 Å². The van der Waals surface area contributed by atoms with Crippen LogP contribution in [0.15, 0.2) is 24.3 Å². The lowest BCUT2D eigenvalue weighted by Crippen LogP contribution is -2.03. The molecule has 0 amide bonds. The van der Waals surface area contributed by atoms with Gasteiger partial charge in [0.2, 0.25) is 0 Å². The highest BCUT2D eigenvalue weighted by molar-refractivity contribution is 5.76. The van der Waals surface area contributed by atoms with Crippen molar-refractivity contribution in [3.63, 3.8) is 0 Å². The van der Waals surface area contributed by atoms with Crippen LogP contribution < -0.4 is 0 Å². The summed E-state index contributed by atoms with van der Waals surface area (Å²) in [5, 5.41) is 0. The summed E-state index contributed by atoms with van der Waals surface area (Å²) >= 11 is 0. The van der Waals surface area contributed by atoms with Crippen molar-refractivity contribution in [2.75, 3.05) is 0 Å². The maximum atomic E-state index is 10.6. The third-order valence-electron chi connectivity index (χ3n) is 1.75. The summed E-state index contributed by atoms with van der Waals surface area (Å²) in [5.74, 6) is 0. The van der Waals surface area contributed by atoms with Crippen molar-refractivity contribution in [3.8, 4) is 0 Å². The molecule has 0 saturated carbocycles. The van der Waals surface area contributed by atoms with Gasteiger partial charge in [-0.2, -0.15) is 0 Å². The Morgan fingerprint density at radius 3 is 2.40 bits per heavy atom. The molecule has 0 aliphatic rings. The van der Waals surface area contributed by atoms with E-state index in [1.165, 1.54) is 0 Å². The van der Waals surface area contributed by atoms with E-state index in [0.717, 1.165) is 11.8 Å². The fourth-order valence-electron chi connectivity index (χ4n) is 1.04. The average Bonchev–Trinajstić information content (AvgIpc) is 2.29. The Bertz CT molecular complexity index is 280. The average molecular weight is 208 g/mol. The molecular weight excluding hydrogens is 188 g/mol. The van der Waals surface area contributed by atoms with Crippen molar-refractivity contribution >= 4 is 6.29 Å². The molecule has 0 radical (unpaired) electrons. The van der Waals surface area contributed by atoms with Gasteiger partial charge in [0.15, 0.2) is 0 Å². The summed E-state index contributed by atoms with van der Waals surface area (Å²) in [6.45, 7) is 8.46. The van der Waals surface area contributed by atoms with Crippen molar-refractivity contribution in [3.05, 3.63) is 35.4 Å². The maximum Gasteiger partial charge on any atom is 0.150 e. The minimum Gasteiger partial charge on any atom is -0.374 e. The van der Waals surface area contributed by atoms with Gasteiger partial charge in [0, 0.05) is 5.56 Å². The molecule has 2 nitrogen and oxygen atoms in total. The summed E-state index contributed by atoms with van der Waals surface area (Å²) in [4.78, 5) is 10.6. The molecule has 1 aromatic carbocycles. The minimum atomic E-state index is 0.194. The molecule has 0 bridgehead atoms. The first kappa shape index (κ1) is 13.8. The second kappa shape index (κ2) is 8.18. The number of rotatable bonds is 4. The molecule has 0 heterocycles. The van der Waals surface area contributed by atoms with Crippen LogP contribution in [-0.4, -0.2) is 12.4 Å². The molecule has 0 saturated heterocycles. The zero-order valence-corrected chi connectivity index (χ0v) is 9.99. The first-order valence-corrected chi connectivity index (χ1v) is 5.38. The molecule has 0 atom stereocenters. The summed E-state index contributed by atoms with van der Waals surface area (Å²) in [5.41, 5.74) is 1.66. The van der Waals surface area contributed by atoms with Gasteiger partial charge >= 0.3 is 0 Å². The molecule has 0 fully saturated rings. The number of ether oxygens (including phenoxy) is 1. The van der Waals surface area contributed by atoms with Crippen molar-refractivity contribution in [2.24, 2.45) is 0 Å². The first-order valence-electron chi connectivity index (χ1n) is 5.38. The third kappa shape index (κ3) is 5.33. The Labute approximate surface area is 92.3 Å². The number of carbonyl (C=O) groups excluding carboxylic acids is 1. The Morgan fingerprint density at radius 2 is 1.87 bits per heavy atom. The van der Waals surface area contributed by atoms with E-state index in [0.29, 0.717) is 12.2 Å². The van der Waals surface area contributed by atoms with Crippen LogP contribution in [0.5, 0.6) is 0 Å². The highest BCUT2D eigenvalue weighted by Gasteiger charge is 2.01. The standard InChI is InChI=1S/C11H14O2.C2H6/c1-9(2)13-8-11-6-4-3-5-10(11)7-12;1-2/h3-7,9H,8H2,1-2H3;1-2H3. The zero-order chi connectivity index (χ0) is 11.7. The quantitative estimate of drug-likeness (QED) is 0.708. The van der Waals surface area contributed by atoms with Crippen LogP contribution in [-0.2, 0) is 11.3 Å². The third-order valence-corrected chi connectivity index (χ3v) is 1.75. The monoisotopic (exact) mass is 208 g/mol. The Kier molecular flexibility index (Phi) is 7.56. The lowest BCUT2D eigenvalue weighted by atomic mass is 10.1. The van der Waals surface area contributed by atoms with Crippen molar-refractivity contribution in [1.82, 2.24) is 0 Å². The first-order chi connectivity index (χ1) is 7.24. The number of aldehydes is 1. The van der Waals surface area contributed by atoms with Crippen molar-refractivity contribution < 1.29 is 9.53 Å². The molecule has 2 heteroatoms. The predicted octanol–water partition coefficient (Wildman–Crippen LogP) is 3.45. The van der Waals surface area contributed by atoms with E-state index >= 15 is 0 Å². The molecule has 0 spiro atoms. The second-order valence-electron chi connectivity index (χ2n) is 3.18. The highest BCUT2D eigenvalue weighted by atomic mass is 16.5. The van der Waals surface area contributed by atoms with Gasteiger partial charge in [0.1, 0.15) is 6.29 Å². The van der Waals surface area contributed by atoms with Crippen LogP contribution in [0.2, 0.25) is 0 Å². The fourth-order valence-corrected chi connectivity index (χ4v) is 1.04. The molecule has 1 rings (SSSR count). The summed E-state index contributed by atoms with van der Waals surface area (Å²) in [7, 11) is 0. The second-order valence-corrected chi connectivity index (χ2v) is 3.18. The smallest absolute Gasteiger partial charge is 0.150 e. The SMILES string of the molecule is CC.CC(C)OCc1ccccc1C=O. The van der Waals surface area contributed by atoms with Gasteiger partial charge in [-0.25, -0.2) is 0 Å². The fraction of sp³-hybridized carbons (Fsp3) is 0.462. The molecule has 1 aromatic rings. The van der Waals surface area contributed by atoms with Gasteiger partial charge in [0.05, 0.1) is 12.7 Å². The normalized spacial score (nSPS) is 9.40. The van der Waals surface area contributed by atoms with E-state index in [-0.39, 0.29) is 6.10 Å². The van der Waals surface area contributed by atoms with E-state index in [2.05, 4.69) is 0 Å². The Balaban J connectivity index is 0.000000921. The molecule has 15 heavy (non-hydrogen) atoms. The van der Waals surface area contributed by atoms with Crippen LogP contribution in [0.4, 0.5) is 0 Å². The van der Waals surface area contributed by atoms with E-state index in [4.69, 9.17) is 4.74 Å². The zero-order valence-electron chi connectivity index (χ0n) is 9.99. The van der Waals surface area contributed by atoms with Gasteiger partial charge < -0.3 is 4.74 Å².